The molecule has 1 aliphatic rings. The van der Waals surface area contributed by atoms with Gasteiger partial charge in [0.25, 0.3) is 5.91 Å². The molecule has 6 nitrogen and oxygen atoms in total. The van der Waals surface area contributed by atoms with Crippen molar-refractivity contribution in [3.8, 4) is 0 Å². The lowest BCUT2D eigenvalue weighted by Crippen LogP contribution is -2.40. The number of amides is 3. The zero-order valence-corrected chi connectivity index (χ0v) is 16.5. The molecule has 1 atom stereocenters. The van der Waals surface area contributed by atoms with Crippen LogP contribution in [0.25, 0.3) is 11.0 Å². The van der Waals surface area contributed by atoms with Gasteiger partial charge in [0.15, 0.2) is 0 Å². The van der Waals surface area contributed by atoms with E-state index >= 15 is 0 Å². The molecule has 3 amide bonds. The number of nitrogens with zero attached hydrogens (tertiary/aromatic N) is 3. The number of nitrogens with one attached hydrogen (secondary N) is 1. The summed E-state index contributed by atoms with van der Waals surface area (Å²) in [5.74, 6) is -0.697. The smallest absolute Gasteiger partial charge is 0.319 e. The van der Waals surface area contributed by atoms with Crippen molar-refractivity contribution in [2.45, 2.75) is 25.6 Å². The first-order chi connectivity index (χ1) is 13.7. The number of halogens is 4. The van der Waals surface area contributed by atoms with Crippen LogP contribution in [0, 0.1) is 0 Å². The van der Waals surface area contributed by atoms with E-state index in [1.807, 2.05) is 0 Å². The van der Waals surface area contributed by atoms with Gasteiger partial charge < -0.3 is 5.32 Å². The Balaban J connectivity index is 1.71. The molecule has 2 aromatic carbocycles. The summed E-state index contributed by atoms with van der Waals surface area (Å²) < 4.78 is 28.0. The Morgan fingerprint density at radius 2 is 1.86 bits per heavy atom. The minimum atomic E-state index is -2.88. The number of imide groups is 1. The van der Waals surface area contributed by atoms with E-state index in [0.717, 1.165) is 4.90 Å². The van der Waals surface area contributed by atoms with E-state index in [1.54, 1.807) is 24.3 Å². The average Bonchev–Trinajstić information content (AvgIpc) is 3.15. The molecular weight excluding hydrogens is 425 g/mol. The summed E-state index contributed by atoms with van der Waals surface area (Å²) in [5.41, 5.74) is -0.415. The van der Waals surface area contributed by atoms with Gasteiger partial charge in [-0.1, -0.05) is 41.4 Å². The molecule has 0 saturated carbocycles. The first-order valence-electron chi connectivity index (χ1n) is 8.56. The molecular formula is C19H14Cl2F2N4O2. The Kier molecular flexibility index (Phi) is 4.71. The van der Waals surface area contributed by atoms with Crippen LogP contribution in [-0.2, 0) is 16.9 Å². The van der Waals surface area contributed by atoms with Crippen LogP contribution in [0.2, 0.25) is 10.0 Å². The van der Waals surface area contributed by atoms with Gasteiger partial charge in [0.05, 0.1) is 27.6 Å². The van der Waals surface area contributed by atoms with E-state index in [1.165, 1.54) is 25.1 Å². The van der Waals surface area contributed by atoms with E-state index in [2.05, 4.69) is 10.3 Å². The number of para-hydroxylation sites is 2. The van der Waals surface area contributed by atoms with E-state index in [4.69, 9.17) is 23.2 Å². The summed E-state index contributed by atoms with van der Waals surface area (Å²) >= 11 is 12.0. The van der Waals surface area contributed by atoms with Crippen molar-refractivity contribution in [3.63, 3.8) is 0 Å². The number of urea groups is 1. The maximum Gasteiger partial charge on any atom is 0.325 e. The highest BCUT2D eigenvalue weighted by molar-refractivity contribution is 6.42. The van der Waals surface area contributed by atoms with Crippen LogP contribution in [-0.4, -0.2) is 26.4 Å². The molecule has 2 heterocycles. The number of imidazole rings is 1. The van der Waals surface area contributed by atoms with E-state index in [-0.39, 0.29) is 16.4 Å². The van der Waals surface area contributed by atoms with Gasteiger partial charge in [0.1, 0.15) is 11.4 Å². The predicted molar refractivity (Wildman–Crippen MR) is 104 cm³/mol. The molecule has 10 heteroatoms. The molecule has 4 rings (SSSR count). The summed E-state index contributed by atoms with van der Waals surface area (Å²) in [6.45, 7) is -1.76. The number of hydrogen-bond acceptors (Lipinski definition) is 3. The van der Waals surface area contributed by atoms with Crippen LogP contribution in [0.4, 0.5) is 13.6 Å². The van der Waals surface area contributed by atoms with Gasteiger partial charge in [-0.2, -0.15) is 8.78 Å². The van der Waals surface area contributed by atoms with Gasteiger partial charge in [-0.25, -0.2) is 9.78 Å². The number of alkyl halides is 2. The van der Waals surface area contributed by atoms with Crippen molar-refractivity contribution in [2.24, 2.45) is 0 Å². The largest absolute Gasteiger partial charge is 0.325 e. The molecule has 1 fully saturated rings. The average molecular weight is 439 g/mol. The normalized spacial score (nSPS) is 19.4. The number of carbonyl (C=O) groups is 2. The lowest BCUT2D eigenvalue weighted by atomic mass is 9.92. The van der Waals surface area contributed by atoms with Gasteiger partial charge in [0.2, 0.25) is 0 Å². The van der Waals surface area contributed by atoms with Crippen LogP contribution < -0.4 is 5.32 Å². The molecule has 29 heavy (non-hydrogen) atoms. The van der Waals surface area contributed by atoms with Crippen LogP contribution in [0.3, 0.4) is 0 Å². The van der Waals surface area contributed by atoms with Gasteiger partial charge >= 0.3 is 12.6 Å². The Labute approximate surface area is 174 Å². The van der Waals surface area contributed by atoms with Crippen molar-refractivity contribution >= 4 is 46.2 Å². The van der Waals surface area contributed by atoms with E-state index in [0.29, 0.717) is 20.7 Å². The number of hydrogen-bond donors (Lipinski definition) is 1. The predicted octanol–water partition coefficient (Wildman–Crippen LogP) is 4.71. The number of fused-ring (bicyclic) bond motifs is 1. The molecule has 3 aromatic rings. The van der Waals surface area contributed by atoms with Crippen molar-refractivity contribution in [1.82, 2.24) is 19.8 Å². The summed E-state index contributed by atoms with van der Waals surface area (Å²) in [7, 11) is 0. The van der Waals surface area contributed by atoms with Crippen LogP contribution in [0.5, 0.6) is 0 Å². The fourth-order valence-electron chi connectivity index (χ4n) is 3.41. The molecule has 1 saturated heterocycles. The second-order valence-corrected chi connectivity index (χ2v) is 7.55. The van der Waals surface area contributed by atoms with Crippen molar-refractivity contribution in [3.05, 3.63) is 63.9 Å². The minimum Gasteiger partial charge on any atom is -0.319 e. The molecule has 0 spiro atoms. The maximum atomic E-state index is 13.7. The monoisotopic (exact) mass is 438 g/mol. The lowest BCUT2D eigenvalue weighted by molar-refractivity contribution is -0.131. The van der Waals surface area contributed by atoms with E-state index < -0.39 is 30.6 Å². The zero-order chi connectivity index (χ0) is 20.9. The fraction of sp³-hybridized carbons (Fsp3) is 0.211. The minimum absolute atomic E-state index is 0.0944. The van der Waals surface area contributed by atoms with Gasteiger partial charge in [-0.3, -0.25) is 14.3 Å². The summed E-state index contributed by atoms with van der Waals surface area (Å²) in [5, 5.41) is 3.14. The molecule has 0 aliphatic carbocycles. The van der Waals surface area contributed by atoms with Crippen LogP contribution in [0.15, 0.2) is 42.5 Å². The molecule has 150 valence electrons. The van der Waals surface area contributed by atoms with Gasteiger partial charge in [0, 0.05) is 0 Å². The van der Waals surface area contributed by atoms with Crippen molar-refractivity contribution < 1.29 is 18.4 Å². The number of rotatable bonds is 4. The number of aromatic nitrogens is 2. The van der Waals surface area contributed by atoms with Crippen LogP contribution >= 0.6 is 23.2 Å². The fourth-order valence-corrected chi connectivity index (χ4v) is 3.71. The highest BCUT2D eigenvalue weighted by atomic mass is 35.5. The summed E-state index contributed by atoms with van der Waals surface area (Å²) in [6, 6.07) is 10.2. The highest BCUT2D eigenvalue weighted by Gasteiger charge is 2.49. The topological polar surface area (TPSA) is 67.2 Å². The Morgan fingerprint density at radius 1 is 1.14 bits per heavy atom. The second kappa shape index (κ2) is 6.96. The standard InChI is InChI=1S/C19H14Cl2F2N4O2/c1-19(10-6-7-11(20)12(21)8-10)16(28)26(18(29)25-19)9-15-24-13-4-2-3-5-14(13)27(15)17(22)23/h2-8,17H,9H2,1H3,(H,25,29). The quantitative estimate of drug-likeness (QED) is 0.599. The van der Waals surface area contributed by atoms with Crippen LogP contribution in [0.1, 0.15) is 24.9 Å². The Bertz CT molecular complexity index is 1150. The Morgan fingerprint density at radius 3 is 2.55 bits per heavy atom. The molecule has 1 unspecified atom stereocenters. The van der Waals surface area contributed by atoms with Crippen molar-refractivity contribution in [2.75, 3.05) is 0 Å². The first-order valence-corrected chi connectivity index (χ1v) is 9.31. The molecule has 1 aliphatic heterocycles. The Hall–Kier alpha value is -2.71. The SMILES string of the molecule is CC1(c2ccc(Cl)c(Cl)c2)NC(=O)N(Cc2nc3ccccc3n2C(F)F)C1=O. The molecule has 1 aromatic heterocycles. The first kappa shape index (κ1) is 19.6. The van der Waals surface area contributed by atoms with Gasteiger partial charge in [-0.15, -0.1) is 0 Å². The maximum absolute atomic E-state index is 13.7. The zero-order valence-electron chi connectivity index (χ0n) is 15.0. The molecule has 0 bridgehead atoms. The van der Waals surface area contributed by atoms with Crippen molar-refractivity contribution in [1.29, 1.82) is 0 Å². The third kappa shape index (κ3) is 3.12. The van der Waals surface area contributed by atoms with Gasteiger partial charge in [-0.05, 0) is 36.8 Å². The summed E-state index contributed by atoms with van der Waals surface area (Å²) in [6.07, 6.45) is 0. The number of carbonyl (C=O) groups excluding carboxylic acids is 2. The molecule has 1 N–H and O–H groups in total. The lowest BCUT2D eigenvalue weighted by Gasteiger charge is -2.22. The molecule has 0 radical (unpaired) electrons. The summed E-state index contributed by atoms with van der Waals surface area (Å²) in [4.78, 5) is 30.7. The third-order valence-corrected chi connectivity index (χ3v) is 5.67. The highest BCUT2D eigenvalue weighted by Crippen LogP contribution is 2.34. The third-order valence-electron chi connectivity index (χ3n) is 4.94. The number of benzene rings is 2. The van der Waals surface area contributed by atoms with E-state index in [9.17, 15) is 18.4 Å². The second-order valence-electron chi connectivity index (χ2n) is 6.74.